The van der Waals surface area contributed by atoms with Crippen molar-refractivity contribution in [2.45, 2.75) is 52.5 Å². The van der Waals surface area contributed by atoms with Gasteiger partial charge in [0.2, 0.25) is 5.91 Å². The van der Waals surface area contributed by atoms with Crippen LogP contribution in [0.2, 0.25) is 0 Å². The first-order chi connectivity index (χ1) is 15.2. The molecule has 0 unspecified atom stereocenters. The van der Waals surface area contributed by atoms with Crippen molar-refractivity contribution in [1.29, 1.82) is 0 Å². The number of amides is 1. The normalized spacial score (nSPS) is 14.5. The van der Waals surface area contributed by atoms with E-state index < -0.39 is 30.1 Å². The summed E-state index contributed by atoms with van der Waals surface area (Å²) in [6, 6.07) is 7.78. The number of carbonyl (C=O) groups excluding carboxylic acids is 1. The molecule has 2 aromatic rings. The first-order valence-corrected chi connectivity index (χ1v) is 10.7. The van der Waals surface area contributed by atoms with E-state index in [2.05, 4.69) is 10.6 Å². The Morgan fingerprint density at radius 3 is 2.28 bits per heavy atom. The molecule has 0 aromatic heterocycles. The minimum atomic E-state index is -1.19. The van der Waals surface area contributed by atoms with E-state index in [4.69, 9.17) is 5.11 Å². The van der Waals surface area contributed by atoms with E-state index in [1.54, 1.807) is 12.1 Å². The molecular weight excluding hydrogens is 414 g/mol. The van der Waals surface area contributed by atoms with Crippen molar-refractivity contribution in [1.82, 2.24) is 5.32 Å². The standard InChI is InChI=1S/C25H28F2N2O3/c1-14(25(32)28-13-21(30)31)12-20-15(2)24(27)22(16(3)23(20)26)17-8-10-19(11-9-17)29-18-6-4-5-7-18/h8-12,18,29H,4-7,13H2,1-3H3,(H,28,32)(H,30,31)/b14-12+. The van der Waals surface area contributed by atoms with E-state index in [-0.39, 0.29) is 27.8 Å². The number of hydrogen-bond acceptors (Lipinski definition) is 3. The van der Waals surface area contributed by atoms with Gasteiger partial charge in [-0.3, -0.25) is 9.59 Å². The molecule has 170 valence electrons. The van der Waals surface area contributed by atoms with E-state index in [0.29, 0.717) is 11.6 Å². The summed E-state index contributed by atoms with van der Waals surface area (Å²) in [5, 5.41) is 14.4. The molecule has 7 heteroatoms. The Kier molecular flexibility index (Phi) is 7.28. The Labute approximate surface area is 186 Å². The molecule has 0 saturated heterocycles. The van der Waals surface area contributed by atoms with Crippen LogP contribution < -0.4 is 10.6 Å². The molecule has 1 saturated carbocycles. The van der Waals surface area contributed by atoms with Crippen LogP contribution in [0, 0.1) is 25.5 Å². The predicted molar refractivity (Wildman–Crippen MR) is 121 cm³/mol. The number of carbonyl (C=O) groups is 2. The summed E-state index contributed by atoms with van der Waals surface area (Å²) in [5.74, 6) is -3.01. The van der Waals surface area contributed by atoms with Gasteiger partial charge in [-0.1, -0.05) is 25.0 Å². The van der Waals surface area contributed by atoms with Crippen LogP contribution in [0.3, 0.4) is 0 Å². The Hall–Kier alpha value is -3.22. The van der Waals surface area contributed by atoms with Crippen molar-refractivity contribution in [3.63, 3.8) is 0 Å². The lowest BCUT2D eigenvalue weighted by Gasteiger charge is -2.17. The van der Waals surface area contributed by atoms with Crippen LogP contribution >= 0.6 is 0 Å². The van der Waals surface area contributed by atoms with Crippen LogP contribution in [0.4, 0.5) is 14.5 Å². The van der Waals surface area contributed by atoms with E-state index in [0.717, 1.165) is 18.5 Å². The second kappa shape index (κ2) is 9.94. The highest BCUT2D eigenvalue weighted by Gasteiger charge is 2.21. The molecule has 2 aromatic carbocycles. The molecule has 0 atom stereocenters. The SMILES string of the molecule is C/C(=C\c1c(C)c(F)c(-c2ccc(NC3CCCC3)cc2)c(C)c1F)C(=O)NCC(=O)O. The van der Waals surface area contributed by atoms with Crippen LogP contribution in [-0.4, -0.2) is 29.6 Å². The van der Waals surface area contributed by atoms with Gasteiger partial charge < -0.3 is 15.7 Å². The number of halogens is 2. The first-order valence-electron chi connectivity index (χ1n) is 10.7. The summed E-state index contributed by atoms with van der Waals surface area (Å²) in [6.07, 6.45) is 5.97. The second-order valence-electron chi connectivity index (χ2n) is 8.27. The van der Waals surface area contributed by atoms with Gasteiger partial charge in [0.1, 0.15) is 18.2 Å². The highest BCUT2D eigenvalue weighted by Crippen LogP contribution is 2.35. The predicted octanol–water partition coefficient (Wildman–Crippen LogP) is 5.21. The summed E-state index contributed by atoms with van der Waals surface area (Å²) in [6.45, 7) is 3.84. The van der Waals surface area contributed by atoms with Gasteiger partial charge in [-0.2, -0.15) is 0 Å². The van der Waals surface area contributed by atoms with Crippen LogP contribution in [0.25, 0.3) is 17.2 Å². The Bertz CT molecular complexity index is 1030. The highest BCUT2D eigenvalue weighted by atomic mass is 19.1. The number of carboxylic acid groups (broad SMARTS) is 1. The summed E-state index contributed by atoms with van der Waals surface area (Å²) >= 11 is 0. The van der Waals surface area contributed by atoms with Gasteiger partial charge in [-0.25, -0.2) is 8.78 Å². The van der Waals surface area contributed by atoms with Gasteiger partial charge in [0.15, 0.2) is 0 Å². The number of carboxylic acids is 1. The fourth-order valence-corrected chi connectivity index (χ4v) is 4.08. The van der Waals surface area contributed by atoms with E-state index >= 15 is 8.78 Å². The summed E-state index contributed by atoms with van der Waals surface area (Å²) in [4.78, 5) is 22.6. The van der Waals surface area contributed by atoms with Crippen LogP contribution in [0.1, 0.15) is 49.3 Å². The molecule has 0 heterocycles. The molecule has 0 bridgehead atoms. The van der Waals surface area contributed by atoms with Crippen LogP contribution in [0.15, 0.2) is 29.8 Å². The zero-order valence-corrected chi connectivity index (χ0v) is 18.5. The summed E-state index contributed by atoms with van der Waals surface area (Å²) < 4.78 is 30.6. The van der Waals surface area contributed by atoms with Gasteiger partial charge >= 0.3 is 5.97 Å². The van der Waals surface area contributed by atoms with Crippen LogP contribution in [-0.2, 0) is 9.59 Å². The number of anilines is 1. The quantitative estimate of drug-likeness (QED) is 0.515. The van der Waals surface area contributed by atoms with Crippen molar-refractivity contribution < 1.29 is 23.5 Å². The minimum Gasteiger partial charge on any atom is -0.480 e. The van der Waals surface area contributed by atoms with Crippen molar-refractivity contribution in [3.8, 4) is 11.1 Å². The van der Waals surface area contributed by atoms with Gasteiger partial charge in [-0.05, 0) is 68.5 Å². The number of hydrogen-bond donors (Lipinski definition) is 3. The lowest BCUT2D eigenvalue weighted by molar-refractivity contribution is -0.137. The van der Waals surface area contributed by atoms with Gasteiger partial charge in [-0.15, -0.1) is 0 Å². The zero-order chi connectivity index (χ0) is 23.4. The molecule has 0 radical (unpaired) electrons. The third-order valence-corrected chi connectivity index (χ3v) is 5.91. The minimum absolute atomic E-state index is 0.0220. The number of benzene rings is 2. The lowest BCUT2D eigenvalue weighted by atomic mass is 9.92. The average Bonchev–Trinajstić information content (AvgIpc) is 3.27. The van der Waals surface area contributed by atoms with Gasteiger partial charge in [0.25, 0.3) is 0 Å². The molecular formula is C25H28F2N2O3. The maximum absolute atomic E-state index is 15.3. The van der Waals surface area contributed by atoms with Crippen molar-refractivity contribution >= 4 is 23.6 Å². The molecule has 0 aliphatic heterocycles. The highest BCUT2D eigenvalue weighted by molar-refractivity contribution is 5.98. The Balaban J connectivity index is 1.90. The molecule has 1 aliphatic rings. The number of rotatable bonds is 7. The lowest BCUT2D eigenvalue weighted by Crippen LogP contribution is -2.29. The second-order valence-corrected chi connectivity index (χ2v) is 8.27. The largest absolute Gasteiger partial charge is 0.480 e. The number of aliphatic carboxylic acids is 1. The van der Waals surface area contributed by atoms with E-state index in [9.17, 15) is 9.59 Å². The fourth-order valence-electron chi connectivity index (χ4n) is 4.08. The monoisotopic (exact) mass is 442 g/mol. The van der Waals surface area contributed by atoms with Gasteiger partial charge in [0.05, 0.1) is 0 Å². The molecule has 1 aliphatic carbocycles. The fraction of sp³-hybridized carbons (Fsp3) is 0.360. The molecule has 5 nitrogen and oxygen atoms in total. The Morgan fingerprint density at radius 2 is 1.69 bits per heavy atom. The number of nitrogens with one attached hydrogen (secondary N) is 2. The molecule has 32 heavy (non-hydrogen) atoms. The molecule has 3 N–H and O–H groups in total. The summed E-state index contributed by atoms with van der Waals surface area (Å²) in [7, 11) is 0. The molecule has 1 fully saturated rings. The van der Waals surface area contributed by atoms with Crippen molar-refractivity contribution in [3.05, 3.63) is 58.2 Å². The van der Waals surface area contributed by atoms with Gasteiger partial charge in [0, 0.05) is 28.4 Å². The molecule has 3 rings (SSSR count). The molecule has 1 amide bonds. The Morgan fingerprint density at radius 1 is 1.06 bits per heavy atom. The smallest absolute Gasteiger partial charge is 0.322 e. The maximum Gasteiger partial charge on any atom is 0.322 e. The average molecular weight is 443 g/mol. The van der Waals surface area contributed by atoms with Crippen molar-refractivity contribution in [2.75, 3.05) is 11.9 Å². The zero-order valence-electron chi connectivity index (χ0n) is 18.5. The third-order valence-electron chi connectivity index (χ3n) is 5.91. The van der Waals surface area contributed by atoms with Crippen molar-refractivity contribution in [2.24, 2.45) is 0 Å². The van der Waals surface area contributed by atoms with E-state index in [1.807, 2.05) is 12.1 Å². The maximum atomic E-state index is 15.3. The first kappa shape index (κ1) is 23.4. The summed E-state index contributed by atoms with van der Waals surface area (Å²) in [5.41, 5.74) is 2.02. The third kappa shape index (κ3) is 5.15. The topological polar surface area (TPSA) is 78.4 Å². The van der Waals surface area contributed by atoms with Crippen LogP contribution in [0.5, 0.6) is 0 Å². The molecule has 0 spiro atoms. The van der Waals surface area contributed by atoms with E-state index in [1.165, 1.54) is 39.7 Å².